The Labute approximate surface area is 177 Å². The van der Waals surface area contributed by atoms with Gasteiger partial charge in [-0.05, 0) is 42.1 Å². The first-order valence-corrected chi connectivity index (χ1v) is 13.4. The number of fused-ring (bicyclic) bond motifs is 1. The Hall–Kier alpha value is -2.47. The van der Waals surface area contributed by atoms with Crippen molar-refractivity contribution in [3.05, 3.63) is 54.4 Å². The largest absolute Gasteiger partial charge is 0.356 e. The maximum absolute atomic E-state index is 12.8. The third kappa shape index (κ3) is 5.76. The molecule has 1 aromatic carbocycles. The lowest BCUT2D eigenvalue weighted by molar-refractivity contribution is -0.121. The van der Waals surface area contributed by atoms with E-state index in [2.05, 4.69) is 35.5 Å². The average molecular weight is 412 g/mol. The fourth-order valence-electron chi connectivity index (χ4n) is 3.70. The molecule has 0 fully saturated rings. The highest BCUT2D eigenvalue weighted by molar-refractivity contribution is 6.93. The molecule has 3 rings (SSSR count). The third-order valence-electron chi connectivity index (χ3n) is 5.26. The number of unbranched alkanes of at least 4 members (excludes halogenated alkanes) is 2. The Morgan fingerprint density at radius 3 is 2.79 bits per heavy atom. The highest BCUT2D eigenvalue weighted by Gasteiger charge is 2.38. The highest BCUT2D eigenvalue weighted by Crippen LogP contribution is 2.26. The van der Waals surface area contributed by atoms with Crippen LogP contribution in [0, 0.1) is 0 Å². The number of para-hydroxylation sites is 1. The molecule has 2 atom stereocenters. The Balaban J connectivity index is 1.36. The van der Waals surface area contributed by atoms with Gasteiger partial charge in [0.05, 0.1) is 0 Å². The number of nitrogens with one attached hydrogen (secondary N) is 1. The van der Waals surface area contributed by atoms with Crippen molar-refractivity contribution in [2.75, 3.05) is 17.6 Å². The van der Waals surface area contributed by atoms with Crippen molar-refractivity contribution in [2.45, 2.75) is 51.6 Å². The monoisotopic (exact) mass is 411 g/mol. The fourth-order valence-corrected chi connectivity index (χ4v) is 6.47. The zero-order chi connectivity index (χ0) is 22.4. The SMILES string of the molecule is [2H]C(C(=O)NCCCCCC(=O)N1C[Si](C)(C)c2ccccc21)C([2H])c1cccnc1. The lowest BCUT2D eigenvalue weighted by atomic mass is 10.1. The van der Waals surface area contributed by atoms with Crippen molar-refractivity contribution >= 4 is 30.8 Å². The smallest absolute Gasteiger partial charge is 0.226 e. The zero-order valence-corrected chi connectivity index (χ0v) is 18.2. The summed E-state index contributed by atoms with van der Waals surface area (Å²) < 4.78 is 16.1. The number of hydrogen-bond donors (Lipinski definition) is 1. The quantitative estimate of drug-likeness (QED) is 0.509. The van der Waals surface area contributed by atoms with E-state index < -0.39 is 26.8 Å². The number of rotatable bonds is 9. The number of aromatic nitrogens is 1. The van der Waals surface area contributed by atoms with E-state index in [1.807, 2.05) is 17.0 Å². The Bertz CT molecular complexity index is 911. The van der Waals surface area contributed by atoms with Gasteiger partial charge < -0.3 is 10.2 Å². The lowest BCUT2D eigenvalue weighted by Crippen LogP contribution is -2.44. The Morgan fingerprint density at radius 2 is 2.00 bits per heavy atom. The van der Waals surface area contributed by atoms with Crippen LogP contribution in [0.2, 0.25) is 13.1 Å². The van der Waals surface area contributed by atoms with Crippen LogP contribution in [0.4, 0.5) is 5.69 Å². The molecule has 0 aliphatic carbocycles. The zero-order valence-electron chi connectivity index (χ0n) is 19.2. The van der Waals surface area contributed by atoms with Gasteiger partial charge in [-0.1, -0.05) is 43.8 Å². The summed E-state index contributed by atoms with van der Waals surface area (Å²) in [5, 5.41) is 4.10. The van der Waals surface area contributed by atoms with Crippen molar-refractivity contribution in [1.29, 1.82) is 0 Å². The minimum Gasteiger partial charge on any atom is -0.356 e. The van der Waals surface area contributed by atoms with Crippen molar-refractivity contribution in [3.8, 4) is 0 Å². The molecule has 154 valence electrons. The van der Waals surface area contributed by atoms with Crippen molar-refractivity contribution in [2.24, 2.45) is 0 Å². The van der Waals surface area contributed by atoms with E-state index in [1.165, 1.54) is 11.4 Å². The van der Waals surface area contributed by atoms with Gasteiger partial charge in [-0.25, -0.2) is 0 Å². The molecule has 6 heteroatoms. The molecule has 0 saturated carbocycles. The molecular formula is C23H31N3O2Si. The molecule has 2 aromatic rings. The van der Waals surface area contributed by atoms with E-state index in [4.69, 9.17) is 2.74 Å². The Morgan fingerprint density at radius 1 is 1.17 bits per heavy atom. The van der Waals surface area contributed by atoms with E-state index in [0.717, 1.165) is 31.1 Å². The molecule has 2 unspecified atom stereocenters. The summed E-state index contributed by atoms with van der Waals surface area (Å²) >= 11 is 0. The van der Waals surface area contributed by atoms with Gasteiger partial charge in [-0.2, -0.15) is 0 Å². The predicted octanol–water partition coefficient (Wildman–Crippen LogP) is 3.19. The summed E-state index contributed by atoms with van der Waals surface area (Å²) in [5.74, 6) is -0.268. The van der Waals surface area contributed by atoms with Crippen LogP contribution in [0.15, 0.2) is 48.8 Å². The molecule has 2 heterocycles. The van der Waals surface area contributed by atoms with Gasteiger partial charge in [0.1, 0.15) is 8.07 Å². The second-order valence-electron chi connectivity index (χ2n) is 8.10. The maximum atomic E-state index is 12.8. The van der Waals surface area contributed by atoms with Gasteiger partial charge in [0.25, 0.3) is 0 Å². The predicted molar refractivity (Wildman–Crippen MR) is 120 cm³/mol. The highest BCUT2D eigenvalue weighted by atomic mass is 28.3. The molecule has 1 aliphatic rings. The molecule has 5 nitrogen and oxygen atoms in total. The summed E-state index contributed by atoms with van der Waals surface area (Å²) in [5.41, 5.74) is 1.64. The molecule has 1 N–H and O–H groups in total. The number of aryl methyl sites for hydroxylation is 1. The molecule has 0 spiro atoms. The minimum absolute atomic E-state index is 0.175. The number of pyridine rings is 1. The van der Waals surface area contributed by atoms with Gasteiger partial charge in [0.2, 0.25) is 11.8 Å². The van der Waals surface area contributed by atoms with Crippen molar-refractivity contribution in [1.82, 2.24) is 10.3 Å². The molecule has 0 bridgehead atoms. The normalized spacial score (nSPS) is 17.7. The van der Waals surface area contributed by atoms with Crippen LogP contribution in [0.3, 0.4) is 0 Å². The number of amides is 2. The van der Waals surface area contributed by atoms with Gasteiger partial charge in [-0.15, -0.1) is 0 Å². The van der Waals surface area contributed by atoms with Crippen LogP contribution >= 0.6 is 0 Å². The second kappa shape index (κ2) is 9.83. The van der Waals surface area contributed by atoms with Gasteiger partial charge in [-0.3, -0.25) is 14.6 Å². The van der Waals surface area contributed by atoms with Crippen LogP contribution < -0.4 is 15.4 Å². The lowest BCUT2D eigenvalue weighted by Gasteiger charge is -2.19. The number of carbonyl (C=O) groups excluding carboxylic acids is 2. The molecule has 0 saturated heterocycles. The molecular weight excluding hydrogens is 378 g/mol. The molecule has 2 amide bonds. The van der Waals surface area contributed by atoms with E-state index in [9.17, 15) is 9.59 Å². The van der Waals surface area contributed by atoms with Crippen LogP contribution in [0.5, 0.6) is 0 Å². The van der Waals surface area contributed by atoms with Crippen molar-refractivity contribution < 1.29 is 12.3 Å². The summed E-state index contributed by atoms with van der Waals surface area (Å²) in [6.45, 7) is 5.06. The van der Waals surface area contributed by atoms with E-state index in [1.54, 1.807) is 18.3 Å². The van der Waals surface area contributed by atoms with E-state index >= 15 is 0 Å². The second-order valence-corrected chi connectivity index (χ2v) is 12.7. The minimum atomic E-state index is -1.58. The number of nitrogens with zero attached hydrogens (tertiary/aromatic N) is 2. The van der Waals surface area contributed by atoms with E-state index in [0.29, 0.717) is 18.5 Å². The van der Waals surface area contributed by atoms with Crippen LogP contribution in [-0.2, 0) is 16.0 Å². The summed E-state index contributed by atoms with van der Waals surface area (Å²) in [6.07, 6.45) is 4.68. The molecule has 29 heavy (non-hydrogen) atoms. The van der Waals surface area contributed by atoms with Gasteiger partial charge in [0, 0.05) is 46.4 Å². The van der Waals surface area contributed by atoms with Crippen LogP contribution in [-0.4, -0.2) is 37.6 Å². The Kier molecular flexibility index (Phi) is 6.29. The fraction of sp³-hybridized carbons (Fsp3) is 0.435. The maximum Gasteiger partial charge on any atom is 0.226 e. The summed E-state index contributed by atoms with van der Waals surface area (Å²) in [6, 6.07) is 11.7. The van der Waals surface area contributed by atoms with E-state index in [-0.39, 0.29) is 5.91 Å². The van der Waals surface area contributed by atoms with Crippen molar-refractivity contribution in [3.63, 3.8) is 0 Å². The average Bonchev–Trinajstić information content (AvgIpc) is 3.06. The van der Waals surface area contributed by atoms with Crippen LogP contribution in [0.25, 0.3) is 0 Å². The summed E-state index contributed by atoms with van der Waals surface area (Å²) in [7, 11) is -1.58. The first-order valence-electron chi connectivity index (χ1n) is 11.4. The number of anilines is 1. The topological polar surface area (TPSA) is 62.3 Å². The molecule has 1 aliphatic heterocycles. The first kappa shape index (κ1) is 18.5. The number of benzene rings is 1. The number of hydrogen-bond acceptors (Lipinski definition) is 3. The third-order valence-corrected chi connectivity index (χ3v) is 8.24. The van der Waals surface area contributed by atoms with Gasteiger partial charge >= 0.3 is 0 Å². The van der Waals surface area contributed by atoms with Gasteiger partial charge in [0.15, 0.2) is 0 Å². The summed E-state index contributed by atoms with van der Waals surface area (Å²) in [4.78, 5) is 30.8. The van der Waals surface area contributed by atoms with Crippen LogP contribution in [0.1, 0.15) is 40.4 Å². The molecule has 0 radical (unpaired) electrons. The first-order chi connectivity index (χ1) is 14.8. The number of carbonyl (C=O) groups is 2. The standard InChI is InChI=1S/C23H31N3O2Si/c1-29(2)18-26(20-10-5-6-11-21(20)29)23(28)12-4-3-7-16-25-22(27)14-13-19-9-8-15-24-17-19/h5-6,8-11,15,17H,3-4,7,12-14,16,18H2,1-2H3,(H,25,27)/i13D,14D. The molecule has 1 aromatic heterocycles.